The molecule has 18 heteroatoms. The SMILES string of the molecule is BC(B)(B)NC(=O)c1nnc(NC(=O)C2CC2)cc1Nc1cccc(-c2nc(CN3CCN(C(=O)OC)CC3)no2)c1OC. The summed E-state index contributed by atoms with van der Waals surface area (Å²) < 4.78 is 16.2. The van der Waals surface area contributed by atoms with Gasteiger partial charge in [-0.15, -0.1) is 10.2 Å². The molecule has 3 amide bonds. The molecule has 2 aromatic heterocycles. The van der Waals surface area contributed by atoms with Gasteiger partial charge in [0.15, 0.2) is 23.1 Å². The fraction of sp³-hybridized carbons (Fsp3) is 0.423. The predicted molar refractivity (Wildman–Crippen MR) is 168 cm³/mol. The first-order chi connectivity index (χ1) is 21.0. The summed E-state index contributed by atoms with van der Waals surface area (Å²) in [5, 5.41) is 20.8. The Bertz CT molecular complexity index is 1540. The Morgan fingerprint density at radius 3 is 2.48 bits per heavy atom. The predicted octanol–water partition coefficient (Wildman–Crippen LogP) is -1.25. The third kappa shape index (κ3) is 7.48. The molecule has 0 spiro atoms. The number of nitrogens with one attached hydrogen (secondary N) is 3. The summed E-state index contributed by atoms with van der Waals surface area (Å²) in [7, 11) is 8.48. The van der Waals surface area contributed by atoms with Crippen LogP contribution in [0, 0.1) is 5.92 Å². The van der Waals surface area contributed by atoms with E-state index in [9.17, 15) is 14.4 Å². The van der Waals surface area contributed by atoms with Crippen LogP contribution in [-0.2, 0) is 16.1 Å². The summed E-state index contributed by atoms with van der Waals surface area (Å²) in [6.45, 7) is 2.84. The molecule has 3 N–H and O–H groups in total. The van der Waals surface area contributed by atoms with Crippen molar-refractivity contribution in [1.29, 1.82) is 0 Å². The number of para-hydroxylation sites is 1. The first kappa shape index (κ1) is 30.8. The van der Waals surface area contributed by atoms with E-state index in [4.69, 9.17) is 14.0 Å². The molecule has 228 valence electrons. The number of carbonyl (C=O) groups excluding carboxylic acids is 3. The molecular formula is C26H34B3N9O6. The van der Waals surface area contributed by atoms with Crippen LogP contribution in [0.4, 0.5) is 22.0 Å². The summed E-state index contributed by atoms with van der Waals surface area (Å²) in [6.07, 6.45) is 1.34. The maximum absolute atomic E-state index is 13.2. The Kier molecular flexibility index (Phi) is 9.08. The molecule has 1 aliphatic heterocycles. The molecule has 0 atom stereocenters. The standard InChI is InChI=1S/C26H34B3N9O6/c1-42-21-15(24-32-19(36-44-24)13-37-8-10-38(11-9-37)25(41)43-2)4-3-5-16(21)30-17-12-18(31-22(39)14-6-7-14)34-35-20(17)23(40)33-26(27,28)29/h3-5,12,14H,6-11,13,27-29H2,1-2H3,(H,33,40)(H2,30,31,34,39). The molecule has 2 fully saturated rings. The molecule has 1 saturated heterocycles. The number of hydrogen-bond acceptors (Lipinski definition) is 12. The minimum absolute atomic E-state index is 0.0300. The number of hydrogen-bond donors (Lipinski definition) is 3. The van der Waals surface area contributed by atoms with Crippen molar-refractivity contribution in [1.82, 2.24) is 35.5 Å². The van der Waals surface area contributed by atoms with E-state index in [0.29, 0.717) is 61.2 Å². The van der Waals surface area contributed by atoms with Gasteiger partial charge in [-0.3, -0.25) is 14.5 Å². The van der Waals surface area contributed by atoms with E-state index < -0.39 is 11.1 Å². The zero-order valence-electron chi connectivity index (χ0n) is 25.5. The largest absolute Gasteiger partial charge is 0.494 e. The fourth-order valence-electron chi connectivity index (χ4n) is 4.70. The minimum Gasteiger partial charge on any atom is -0.494 e. The van der Waals surface area contributed by atoms with Crippen LogP contribution in [-0.4, -0.2) is 117 Å². The molecular weight excluding hydrogens is 567 g/mol. The summed E-state index contributed by atoms with van der Waals surface area (Å²) in [5.74, 6) is 0.772. The Hall–Kier alpha value is -4.60. The van der Waals surface area contributed by atoms with Gasteiger partial charge in [-0.2, -0.15) is 4.98 Å². The van der Waals surface area contributed by atoms with E-state index in [0.717, 1.165) is 12.8 Å². The molecule has 2 aliphatic rings. The zero-order chi connectivity index (χ0) is 31.4. The molecule has 0 radical (unpaired) electrons. The highest BCUT2D eigenvalue weighted by Gasteiger charge is 2.30. The van der Waals surface area contributed by atoms with Gasteiger partial charge >= 0.3 is 6.09 Å². The highest BCUT2D eigenvalue weighted by atomic mass is 16.5. The Balaban J connectivity index is 1.37. The van der Waals surface area contributed by atoms with Crippen molar-refractivity contribution >= 4 is 58.6 Å². The van der Waals surface area contributed by atoms with Crippen molar-refractivity contribution in [3.05, 3.63) is 35.8 Å². The van der Waals surface area contributed by atoms with Crippen molar-refractivity contribution in [2.45, 2.75) is 24.6 Å². The van der Waals surface area contributed by atoms with Crippen molar-refractivity contribution in [3.63, 3.8) is 0 Å². The van der Waals surface area contributed by atoms with Crippen LogP contribution >= 0.6 is 0 Å². The number of carbonyl (C=O) groups is 3. The van der Waals surface area contributed by atoms with Gasteiger partial charge in [0.25, 0.3) is 11.8 Å². The highest BCUT2D eigenvalue weighted by molar-refractivity contribution is 6.60. The molecule has 3 heterocycles. The van der Waals surface area contributed by atoms with Crippen LogP contribution in [0.5, 0.6) is 5.75 Å². The molecule has 1 aliphatic carbocycles. The Morgan fingerprint density at radius 2 is 1.82 bits per heavy atom. The normalized spacial score (nSPS) is 15.4. The molecule has 0 bridgehead atoms. The number of ether oxygens (including phenoxy) is 2. The lowest BCUT2D eigenvalue weighted by atomic mass is 9.49. The van der Waals surface area contributed by atoms with E-state index >= 15 is 0 Å². The summed E-state index contributed by atoms with van der Waals surface area (Å²) in [6, 6.07) is 6.92. The number of aromatic nitrogens is 4. The molecule has 5 rings (SSSR count). The number of amides is 3. The molecule has 44 heavy (non-hydrogen) atoms. The van der Waals surface area contributed by atoms with Crippen LogP contribution in [0.15, 0.2) is 28.8 Å². The quantitative estimate of drug-likeness (QED) is 0.236. The monoisotopic (exact) mass is 601 g/mol. The summed E-state index contributed by atoms with van der Waals surface area (Å²) in [4.78, 5) is 45.7. The van der Waals surface area contributed by atoms with Crippen molar-refractivity contribution in [2.24, 2.45) is 5.92 Å². The van der Waals surface area contributed by atoms with E-state index in [2.05, 4.69) is 41.2 Å². The van der Waals surface area contributed by atoms with E-state index in [-0.39, 0.29) is 35.3 Å². The number of anilines is 3. The lowest BCUT2D eigenvalue weighted by Crippen LogP contribution is -2.50. The Morgan fingerprint density at radius 1 is 1.07 bits per heavy atom. The van der Waals surface area contributed by atoms with Gasteiger partial charge in [0, 0.05) is 38.2 Å². The van der Waals surface area contributed by atoms with Gasteiger partial charge in [-0.1, -0.05) is 11.2 Å². The Labute approximate surface area is 257 Å². The molecule has 3 aromatic rings. The van der Waals surface area contributed by atoms with Gasteiger partial charge in [-0.25, -0.2) is 4.79 Å². The summed E-state index contributed by atoms with van der Waals surface area (Å²) >= 11 is 0. The van der Waals surface area contributed by atoms with E-state index in [1.165, 1.54) is 14.2 Å². The second-order valence-electron chi connectivity index (χ2n) is 11.7. The van der Waals surface area contributed by atoms with E-state index in [1.54, 1.807) is 29.2 Å². The second-order valence-corrected chi connectivity index (χ2v) is 11.7. The van der Waals surface area contributed by atoms with Crippen LogP contribution in [0.3, 0.4) is 0 Å². The summed E-state index contributed by atoms with van der Waals surface area (Å²) in [5.41, 5.74) is 1.41. The van der Waals surface area contributed by atoms with Crippen LogP contribution in [0.25, 0.3) is 11.5 Å². The van der Waals surface area contributed by atoms with Crippen molar-refractivity contribution in [3.8, 4) is 17.2 Å². The minimum atomic E-state index is -0.517. The number of nitrogens with zero attached hydrogens (tertiary/aromatic N) is 6. The lowest BCUT2D eigenvalue weighted by Gasteiger charge is -2.32. The van der Waals surface area contributed by atoms with Gasteiger partial charge in [-0.05, 0) is 30.2 Å². The van der Waals surface area contributed by atoms with Gasteiger partial charge in [0.05, 0.1) is 37.7 Å². The van der Waals surface area contributed by atoms with Gasteiger partial charge in [0.2, 0.25) is 5.91 Å². The highest BCUT2D eigenvalue weighted by Crippen LogP contribution is 2.38. The van der Waals surface area contributed by atoms with Crippen molar-refractivity contribution < 1.29 is 28.4 Å². The number of benzene rings is 1. The molecule has 1 aromatic carbocycles. The average Bonchev–Trinajstić information content (AvgIpc) is 3.75. The average molecular weight is 601 g/mol. The smallest absolute Gasteiger partial charge is 0.409 e. The molecule has 15 nitrogen and oxygen atoms in total. The van der Waals surface area contributed by atoms with Crippen LogP contribution < -0.4 is 20.7 Å². The molecule has 1 saturated carbocycles. The van der Waals surface area contributed by atoms with E-state index in [1.807, 2.05) is 23.5 Å². The first-order valence-corrected chi connectivity index (χ1v) is 14.4. The van der Waals surface area contributed by atoms with Crippen LogP contribution in [0.1, 0.15) is 29.2 Å². The van der Waals surface area contributed by atoms with Gasteiger partial charge in [0.1, 0.15) is 23.5 Å². The molecule has 0 unspecified atom stereocenters. The zero-order valence-corrected chi connectivity index (χ0v) is 25.5. The first-order valence-electron chi connectivity index (χ1n) is 14.4. The number of methoxy groups -OCH3 is 2. The maximum atomic E-state index is 13.2. The second kappa shape index (κ2) is 13.0. The third-order valence-corrected chi connectivity index (χ3v) is 7.05. The van der Waals surface area contributed by atoms with Crippen molar-refractivity contribution in [2.75, 3.05) is 51.0 Å². The number of rotatable bonds is 10. The fourth-order valence-corrected chi connectivity index (χ4v) is 4.70. The van der Waals surface area contributed by atoms with Gasteiger partial charge < -0.3 is 34.8 Å². The maximum Gasteiger partial charge on any atom is 0.409 e. The lowest BCUT2D eigenvalue weighted by molar-refractivity contribution is -0.117. The van der Waals surface area contributed by atoms with Crippen LogP contribution in [0.2, 0.25) is 0 Å². The number of piperazine rings is 1. The third-order valence-electron chi connectivity index (χ3n) is 7.05. The topological polar surface area (TPSA) is 177 Å².